The van der Waals surface area contributed by atoms with Crippen molar-refractivity contribution in [3.63, 3.8) is 0 Å². The molecule has 1 unspecified atom stereocenters. The summed E-state index contributed by atoms with van der Waals surface area (Å²) in [5, 5.41) is 4.96. The molecule has 0 saturated heterocycles. The van der Waals surface area contributed by atoms with Gasteiger partial charge in [0.15, 0.2) is 5.78 Å². The van der Waals surface area contributed by atoms with E-state index >= 15 is 0 Å². The van der Waals surface area contributed by atoms with Gasteiger partial charge in [-0.05, 0) is 76.6 Å². The summed E-state index contributed by atoms with van der Waals surface area (Å²) in [6.45, 7) is 6.16. The number of allylic oxidation sites excluding steroid dienone is 2. The molecule has 176 valence electrons. The highest BCUT2D eigenvalue weighted by atomic mass is 32.2. The maximum Gasteiger partial charge on any atom is 0.241 e. The highest BCUT2D eigenvalue weighted by Gasteiger charge is 2.41. The number of nitrogens with zero attached hydrogens (tertiary/aromatic N) is 1. The number of halogens is 1. The summed E-state index contributed by atoms with van der Waals surface area (Å²) < 4.78 is 43.3. The molecule has 1 heterocycles. The van der Waals surface area contributed by atoms with Crippen LogP contribution in [-0.2, 0) is 21.2 Å². The van der Waals surface area contributed by atoms with E-state index in [1.165, 1.54) is 13.8 Å². The lowest BCUT2D eigenvalue weighted by molar-refractivity contribution is -0.123. The van der Waals surface area contributed by atoms with Crippen LogP contribution in [0.3, 0.4) is 0 Å². The highest BCUT2D eigenvalue weighted by molar-refractivity contribution is 7.89. The molecule has 0 radical (unpaired) electrons. The quantitative estimate of drug-likeness (QED) is 0.632. The molecular formula is C25H30FN3O3S. The van der Waals surface area contributed by atoms with Crippen molar-refractivity contribution in [1.82, 2.24) is 15.0 Å². The third kappa shape index (κ3) is 3.97. The number of carbonyl (C=O) groups is 1. The number of rotatable bonds is 7. The Hall–Kier alpha value is -2.32. The van der Waals surface area contributed by atoms with Crippen molar-refractivity contribution in [2.45, 2.75) is 75.9 Å². The Kier molecular flexibility index (Phi) is 5.00. The first kappa shape index (κ1) is 22.5. The number of sulfonamides is 1. The normalized spacial score (nSPS) is 22.2. The lowest BCUT2D eigenvalue weighted by Gasteiger charge is -2.36. The van der Waals surface area contributed by atoms with E-state index < -0.39 is 21.1 Å². The number of aromatic nitrogens is 1. The summed E-state index contributed by atoms with van der Waals surface area (Å²) in [5.41, 5.74) is 1.56. The number of benzene rings is 1. The van der Waals surface area contributed by atoms with Crippen LogP contribution in [0.1, 0.15) is 75.7 Å². The van der Waals surface area contributed by atoms with E-state index in [9.17, 15) is 17.6 Å². The fourth-order valence-electron chi connectivity index (χ4n) is 4.69. The zero-order valence-electron chi connectivity index (χ0n) is 19.5. The van der Waals surface area contributed by atoms with Crippen LogP contribution in [0.5, 0.6) is 0 Å². The van der Waals surface area contributed by atoms with Gasteiger partial charge >= 0.3 is 0 Å². The molecule has 2 N–H and O–H groups in total. The molecule has 1 aromatic heterocycles. The lowest BCUT2D eigenvalue weighted by Crippen LogP contribution is -2.42. The van der Waals surface area contributed by atoms with Gasteiger partial charge in [0.1, 0.15) is 5.67 Å². The molecule has 1 aromatic carbocycles. The van der Waals surface area contributed by atoms with Crippen molar-refractivity contribution >= 4 is 26.6 Å². The van der Waals surface area contributed by atoms with Crippen LogP contribution in [0.15, 0.2) is 35.0 Å². The van der Waals surface area contributed by atoms with E-state index in [-0.39, 0.29) is 23.3 Å². The molecule has 8 heteroatoms. The fraction of sp³-hybridized carbons (Fsp3) is 0.520. The Bertz CT molecular complexity index is 1300. The van der Waals surface area contributed by atoms with Gasteiger partial charge in [0.05, 0.1) is 16.4 Å². The predicted molar refractivity (Wildman–Crippen MR) is 125 cm³/mol. The van der Waals surface area contributed by atoms with Gasteiger partial charge in [-0.1, -0.05) is 0 Å². The number of nitrogens with one attached hydrogen (secondary N) is 2. The molecule has 0 aliphatic heterocycles. The summed E-state index contributed by atoms with van der Waals surface area (Å²) in [5.74, 6) is 0.468. The molecular weight excluding hydrogens is 441 g/mol. The fourth-order valence-corrected chi connectivity index (χ4v) is 6.12. The van der Waals surface area contributed by atoms with E-state index in [0.717, 1.165) is 53.6 Å². The number of hydrogen-bond acceptors (Lipinski definition) is 5. The number of carbonyl (C=O) groups excluding carboxylic acids is 1. The van der Waals surface area contributed by atoms with Crippen LogP contribution >= 0.6 is 0 Å². The highest BCUT2D eigenvalue weighted by Crippen LogP contribution is 2.45. The van der Waals surface area contributed by atoms with Crippen LogP contribution in [0.4, 0.5) is 4.39 Å². The summed E-state index contributed by atoms with van der Waals surface area (Å²) in [7, 11) is -3.95. The molecule has 6 nitrogen and oxygen atoms in total. The zero-order valence-corrected chi connectivity index (χ0v) is 20.3. The minimum Gasteiger partial charge on any atom is -0.381 e. The Morgan fingerprint density at radius 1 is 1.18 bits per heavy atom. The smallest absolute Gasteiger partial charge is 0.241 e. The van der Waals surface area contributed by atoms with Gasteiger partial charge in [-0.15, -0.1) is 0 Å². The maximum atomic E-state index is 14.1. The molecule has 0 amide bonds. The molecule has 3 aliphatic rings. The van der Waals surface area contributed by atoms with Crippen molar-refractivity contribution in [3.8, 4) is 0 Å². The topological polar surface area (TPSA) is 88.2 Å². The number of ketones is 1. The molecule has 0 bridgehead atoms. The van der Waals surface area contributed by atoms with Crippen LogP contribution < -0.4 is 10.0 Å². The van der Waals surface area contributed by atoms with E-state index in [1.807, 2.05) is 19.9 Å². The summed E-state index contributed by atoms with van der Waals surface area (Å²) >= 11 is 0. The first-order chi connectivity index (χ1) is 15.4. The third-order valence-corrected chi connectivity index (χ3v) is 8.51. The molecule has 1 atom stereocenters. The van der Waals surface area contributed by atoms with Crippen molar-refractivity contribution in [3.05, 3.63) is 46.9 Å². The van der Waals surface area contributed by atoms with Crippen molar-refractivity contribution in [2.75, 3.05) is 6.54 Å². The van der Waals surface area contributed by atoms with Gasteiger partial charge in [-0.2, -0.15) is 0 Å². The molecule has 0 spiro atoms. The number of alkyl halides is 1. The molecule has 5 rings (SSSR count). The van der Waals surface area contributed by atoms with Gasteiger partial charge in [0.2, 0.25) is 10.0 Å². The average Bonchev–Trinajstić information content (AvgIpc) is 3.52. The van der Waals surface area contributed by atoms with Gasteiger partial charge in [0, 0.05) is 46.9 Å². The van der Waals surface area contributed by atoms with E-state index in [1.54, 1.807) is 18.3 Å². The second-order valence-corrected chi connectivity index (χ2v) is 12.4. The second kappa shape index (κ2) is 7.34. The number of hydrogen-bond donors (Lipinski definition) is 2. The molecule has 2 aromatic rings. The monoisotopic (exact) mass is 471 g/mol. The van der Waals surface area contributed by atoms with E-state index in [2.05, 4.69) is 15.0 Å². The average molecular weight is 472 g/mol. The lowest BCUT2D eigenvalue weighted by atomic mass is 9.74. The van der Waals surface area contributed by atoms with Gasteiger partial charge in [-0.25, -0.2) is 17.5 Å². The predicted octanol–water partition coefficient (Wildman–Crippen LogP) is 4.21. The first-order valence-corrected chi connectivity index (χ1v) is 13.0. The minimum atomic E-state index is -3.95. The SMILES string of the molecule is CC(C)(F)CNS(=O)(=O)c1cc2c(c3cnc(C4CC4)cc13)CCC2NC1=CC(=O)C1(C)C. The van der Waals surface area contributed by atoms with Gasteiger partial charge in [0.25, 0.3) is 0 Å². The Balaban J connectivity index is 1.61. The maximum absolute atomic E-state index is 14.1. The van der Waals surface area contributed by atoms with Gasteiger partial charge in [-0.3, -0.25) is 9.78 Å². The second-order valence-electron chi connectivity index (χ2n) is 10.7. The van der Waals surface area contributed by atoms with Crippen LogP contribution in [-0.4, -0.2) is 31.4 Å². The summed E-state index contributed by atoms with van der Waals surface area (Å²) in [6.07, 6.45) is 7.14. The Morgan fingerprint density at radius 3 is 2.52 bits per heavy atom. The molecule has 1 fully saturated rings. The van der Waals surface area contributed by atoms with E-state index in [4.69, 9.17) is 0 Å². The van der Waals surface area contributed by atoms with Gasteiger partial charge < -0.3 is 5.32 Å². The first-order valence-electron chi connectivity index (χ1n) is 11.5. The Labute approximate surface area is 194 Å². The van der Waals surface area contributed by atoms with E-state index in [0.29, 0.717) is 11.3 Å². The summed E-state index contributed by atoms with van der Waals surface area (Å²) in [4.78, 5) is 16.8. The molecule has 3 aliphatic carbocycles. The van der Waals surface area contributed by atoms with Crippen molar-refractivity contribution in [1.29, 1.82) is 0 Å². The Morgan fingerprint density at radius 2 is 1.91 bits per heavy atom. The minimum absolute atomic E-state index is 0.0832. The van der Waals surface area contributed by atoms with Crippen molar-refractivity contribution < 1.29 is 17.6 Å². The largest absolute Gasteiger partial charge is 0.381 e. The van der Waals surface area contributed by atoms with Crippen LogP contribution in [0, 0.1) is 5.41 Å². The zero-order chi connectivity index (χ0) is 23.8. The summed E-state index contributed by atoms with van der Waals surface area (Å²) in [6, 6.07) is 3.54. The third-order valence-electron chi connectivity index (χ3n) is 7.07. The number of aryl methyl sites for hydroxylation is 1. The molecule has 33 heavy (non-hydrogen) atoms. The van der Waals surface area contributed by atoms with Crippen molar-refractivity contribution in [2.24, 2.45) is 5.41 Å². The van der Waals surface area contributed by atoms with Crippen LogP contribution in [0.2, 0.25) is 0 Å². The number of pyridine rings is 1. The molecule has 1 saturated carbocycles. The van der Waals surface area contributed by atoms with Crippen LogP contribution in [0.25, 0.3) is 10.8 Å². The standard InChI is InChI=1S/C25H30FN3O3S/c1-24(2,26)13-28-33(31,32)21-10-16-15(18-12-27-20(9-17(18)21)14-5-6-14)7-8-19(16)29-22-11-23(30)25(22,3)4/h9-12,14,19,28-29H,5-8,13H2,1-4H3. The number of fused-ring (bicyclic) bond motifs is 3.